The van der Waals surface area contributed by atoms with Crippen molar-refractivity contribution in [1.82, 2.24) is 5.32 Å². The third kappa shape index (κ3) is 4.63. The normalized spacial score (nSPS) is 11.0. The molecule has 0 radical (unpaired) electrons. The maximum Gasteiger partial charge on any atom is 0.341 e. The number of amides is 1. The number of carbonyl (C=O) groups is 2. The molecule has 5 nitrogen and oxygen atoms in total. The van der Waals surface area contributed by atoms with Gasteiger partial charge in [0.25, 0.3) is 0 Å². The second-order valence-electron chi connectivity index (χ2n) is 6.17. The first-order chi connectivity index (χ1) is 12.5. The Morgan fingerprint density at radius 3 is 2.35 bits per heavy atom. The molecule has 0 bridgehead atoms. The maximum absolute atomic E-state index is 13.0. The van der Waals surface area contributed by atoms with Crippen molar-refractivity contribution >= 4 is 11.9 Å². The molecule has 0 aliphatic heterocycles. The third-order valence-electron chi connectivity index (χ3n) is 4.68. The van der Waals surface area contributed by atoms with E-state index >= 15 is 0 Å². The molecule has 138 valence electrons. The number of carbonyl (C=O) groups excluding carboxylic acids is 1. The van der Waals surface area contributed by atoms with Gasteiger partial charge in [-0.2, -0.15) is 0 Å². The lowest BCUT2D eigenvalue weighted by molar-refractivity contribution is -0.139. The average Bonchev–Trinajstić information content (AvgIpc) is 2.67. The summed E-state index contributed by atoms with van der Waals surface area (Å²) in [5, 5.41) is 11.7. The number of hydrogen-bond donors (Lipinski definition) is 2. The van der Waals surface area contributed by atoms with Crippen LogP contribution in [0.25, 0.3) is 0 Å². The molecule has 0 saturated carbocycles. The lowest BCUT2D eigenvalue weighted by Gasteiger charge is -2.31. The van der Waals surface area contributed by atoms with Crippen molar-refractivity contribution in [2.75, 3.05) is 6.61 Å². The summed E-state index contributed by atoms with van der Waals surface area (Å²) in [6.07, 6.45) is 1.42. The van der Waals surface area contributed by atoms with Crippen LogP contribution in [-0.2, 0) is 21.5 Å². The van der Waals surface area contributed by atoms with E-state index in [1.54, 1.807) is 18.2 Å². The number of nitrogens with one attached hydrogen (secondary N) is 1. The minimum absolute atomic E-state index is 0.00874. The Kier molecular flexibility index (Phi) is 6.78. The van der Waals surface area contributed by atoms with Crippen LogP contribution in [0.2, 0.25) is 0 Å². The van der Waals surface area contributed by atoms with Crippen molar-refractivity contribution in [2.24, 2.45) is 0 Å². The van der Waals surface area contributed by atoms with Gasteiger partial charge in [-0.25, -0.2) is 4.79 Å². The van der Waals surface area contributed by atoms with Crippen LogP contribution in [0, 0.1) is 0 Å². The quantitative estimate of drug-likeness (QED) is 0.722. The van der Waals surface area contributed by atoms with E-state index < -0.39 is 18.0 Å². The molecule has 0 heterocycles. The van der Waals surface area contributed by atoms with Crippen LogP contribution < -0.4 is 10.1 Å². The van der Waals surface area contributed by atoms with E-state index in [4.69, 9.17) is 9.84 Å². The van der Waals surface area contributed by atoms with Crippen LogP contribution in [-0.4, -0.2) is 23.6 Å². The number of carboxylic acid groups (broad SMARTS) is 1. The Bertz CT molecular complexity index is 739. The summed E-state index contributed by atoms with van der Waals surface area (Å²) in [6.45, 7) is 4.02. The monoisotopic (exact) mass is 355 g/mol. The maximum atomic E-state index is 13.0. The third-order valence-corrected chi connectivity index (χ3v) is 4.68. The first kappa shape index (κ1) is 19.5. The van der Waals surface area contributed by atoms with Gasteiger partial charge in [0.2, 0.25) is 5.91 Å². The number of aliphatic carboxylic acids is 1. The fourth-order valence-electron chi connectivity index (χ4n) is 3.11. The van der Waals surface area contributed by atoms with Gasteiger partial charge in [0, 0.05) is 6.54 Å². The van der Waals surface area contributed by atoms with Crippen molar-refractivity contribution in [1.29, 1.82) is 0 Å². The lowest BCUT2D eigenvalue weighted by Crippen LogP contribution is -2.43. The van der Waals surface area contributed by atoms with E-state index in [1.807, 2.05) is 50.2 Å². The standard InChI is InChI=1S/C21H25NO4/c1-3-21(4-2,17-10-6-5-7-11-17)20(25)22-14-16-9-8-12-18(13-16)26-15-19(23)24/h5-13H,3-4,14-15H2,1-2H3,(H,22,25)(H,23,24). The van der Waals surface area contributed by atoms with Crippen LogP contribution in [0.5, 0.6) is 5.75 Å². The predicted octanol–water partition coefficient (Wildman–Crippen LogP) is 3.52. The fraction of sp³-hybridized carbons (Fsp3) is 0.333. The number of ether oxygens (including phenoxy) is 1. The van der Waals surface area contributed by atoms with Crippen LogP contribution in [0.3, 0.4) is 0 Å². The van der Waals surface area contributed by atoms with Crippen molar-refractivity contribution in [3.8, 4) is 5.75 Å². The Hall–Kier alpha value is -2.82. The average molecular weight is 355 g/mol. The first-order valence-electron chi connectivity index (χ1n) is 8.79. The zero-order chi connectivity index (χ0) is 19.0. The molecule has 0 unspecified atom stereocenters. The molecular formula is C21H25NO4. The molecule has 0 fully saturated rings. The first-order valence-corrected chi connectivity index (χ1v) is 8.79. The van der Waals surface area contributed by atoms with Crippen molar-refractivity contribution in [3.05, 3.63) is 65.7 Å². The van der Waals surface area contributed by atoms with Gasteiger partial charge in [0.05, 0.1) is 5.41 Å². The van der Waals surface area contributed by atoms with Crippen molar-refractivity contribution in [3.63, 3.8) is 0 Å². The van der Waals surface area contributed by atoms with Gasteiger partial charge in [0.15, 0.2) is 6.61 Å². The molecule has 2 aromatic rings. The van der Waals surface area contributed by atoms with E-state index in [0.29, 0.717) is 25.1 Å². The molecular weight excluding hydrogens is 330 g/mol. The minimum Gasteiger partial charge on any atom is -0.482 e. The molecule has 0 spiro atoms. The smallest absolute Gasteiger partial charge is 0.341 e. The second kappa shape index (κ2) is 9.04. The molecule has 0 aliphatic rings. The van der Waals surface area contributed by atoms with Crippen LogP contribution in [0.15, 0.2) is 54.6 Å². The van der Waals surface area contributed by atoms with E-state index in [0.717, 1.165) is 11.1 Å². The number of carboxylic acids is 1. The summed E-state index contributed by atoms with van der Waals surface area (Å²) < 4.78 is 5.18. The van der Waals surface area contributed by atoms with Gasteiger partial charge in [-0.1, -0.05) is 56.3 Å². The molecule has 0 saturated heterocycles. The highest BCUT2D eigenvalue weighted by Crippen LogP contribution is 2.32. The van der Waals surface area contributed by atoms with Crippen molar-refractivity contribution in [2.45, 2.75) is 38.6 Å². The fourth-order valence-corrected chi connectivity index (χ4v) is 3.11. The molecule has 26 heavy (non-hydrogen) atoms. The minimum atomic E-state index is -1.03. The zero-order valence-corrected chi connectivity index (χ0v) is 15.2. The summed E-state index contributed by atoms with van der Waals surface area (Å²) >= 11 is 0. The number of rotatable bonds is 9. The van der Waals surface area contributed by atoms with E-state index in [-0.39, 0.29) is 5.91 Å². The van der Waals surface area contributed by atoms with Crippen molar-refractivity contribution < 1.29 is 19.4 Å². The van der Waals surface area contributed by atoms with Gasteiger partial charge in [-0.3, -0.25) is 4.79 Å². The molecule has 2 rings (SSSR count). The summed E-state index contributed by atoms with van der Waals surface area (Å²) in [6, 6.07) is 16.9. The zero-order valence-electron chi connectivity index (χ0n) is 15.2. The van der Waals surface area contributed by atoms with Gasteiger partial charge >= 0.3 is 5.97 Å². The van der Waals surface area contributed by atoms with Gasteiger partial charge < -0.3 is 15.2 Å². The Labute approximate surface area is 154 Å². The highest BCUT2D eigenvalue weighted by molar-refractivity contribution is 5.88. The number of hydrogen-bond acceptors (Lipinski definition) is 3. The molecule has 5 heteroatoms. The van der Waals surface area contributed by atoms with Crippen LogP contribution >= 0.6 is 0 Å². The highest BCUT2D eigenvalue weighted by atomic mass is 16.5. The second-order valence-corrected chi connectivity index (χ2v) is 6.17. The van der Waals surface area contributed by atoms with E-state index in [2.05, 4.69) is 5.32 Å². The lowest BCUT2D eigenvalue weighted by atomic mass is 9.75. The summed E-state index contributed by atoms with van der Waals surface area (Å²) in [5.74, 6) is -0.563. The number of benzene rings is 2. The molecule has 2 aromatic carbocycles. The Balaban J connectivity index is 2.09. The summed E-state index contributed by atoms with van der Waals surface area (Å²) in [7, 11) is 0. The molecule has 0 atom stereocenters. The van der Waals surface area contributed by atoms with E-state index in [1.165, 1.54) is 0 Å². The van der Waals surface area contributed by atoms with Gasteiger partial charge in [0.1, 0.15) is 5.75 Å². The van der Waals surface area contributed by atoms with Crippen LogP contribution in [0.1, 0.15) is 37.8 Å². The topological polar surface area (TPSA) is 75.6 Å². The largest absolute Gasteiger partial charge is 0.482 e. The summed E-state index contributed by atoms with van der Waals surface area (Å²) in [5.41, 5.74) is 1.31. The van der Waals surface area contributed by atoms with E-state index in [9.17, 15) is 9.59 Å². The Morgan fingerprint density at radius 2 is 1.73 bits per heavy atom. The summed E-state index contributed by atoms with van der Waals surface area (Å²) in [4.78, 5) is 23.6. The predicted molar refractivity (Wildman–Crippen MR) is 100 cm³/mol. The Morgan fingerprint density at radius 1 is 1.04 bits per heavy atom. The van der Waals surface area contributed by atoms with Gasteiger partial charge in [-0.15, -0.1) is 0 Å². The molecule has 1 amide bonds. The molecule has 0 aliphatic carbocycles. The molecule has 0 aromatic heterocycles. The van der Waals surface area contributed by atoms with Gasteiger partial charge in [-0.05, 0) is 36.1 Å². The highest BCUT2D eigenvalue weighted by Gasteiger charge is 2.36. The van der Waals surface area contributed by atoms with Crippen LogP contribution in [0.4, 0.5) is 0 Å². The molecule has 2 N–H and O–H groups in total. The SMILES string of the molecule is CCC(CC)(C(=O)NCc1cccc(OCC(=O)O)c1)c1ccccc1.